The van der Waals surface area contributed by atoms with Crippen LogP contribution >= 0.6 is 12.4 Å². The summed E-state index contributed by atoms with van der Waals surface area (Å²) in [6.45, 7) is 4.79. The van der Waals surface area contributed by atoms with Gasteiger partial charge in [-0.1, -0.05) is 30.3 Å². The van der Waals surface area contributed by atoms with E-state index in [1.807, 2.05) is 18.2 Å². The van der Waals surface area contributed by atoms with Crippen molar-refractivity contribution in [2.45, 2.75) is 32.3 Å². The van der Waals surface area contributed by atoms with E-state index in [2.05, 4.69) is 29.7 Å². The third kappa shape index (κ3) is 7.78. The van der Waals surface area contributed by atoms with Crippen LogP contribution in [0.15, 0.2) is 30.3 Å². The Hall–Kier alpha value is -1.10. The second-order valence-electron chi connectivity index (χ2n) is 5.70. The lowest BCUT2D eigenvalue weighted by atomic mass is 10.1. The van der Waals surface area contributed by atoms with Gasteiger partial charge in [0.1, 0.15) is 0 Å². The molecule has 1 amide bonds. The van der Waals surface area contributed by atoms with Crippen LogP contribution in [-0.2, 0) is 9.53 Å². The Balaban J connectivity index is 0.00000242. The van der Waals surface area contributed by atoms with Gasteiger partial charge in [-0.3, -0.25) is 4.79 Å². The van der Waals surface area contributed by atoms with Crippen LogP contribution in [0, 0.1) is 5.92 Å². The fourth-order valence-electron chi connectivity index (χ4n) is 2.15. The molecule has 4 nitrogen and oxygen atoms in total. The zero-order chi connectivity index (χ0) is 14.9. The number of ether oxygens (including phenoxy) is 1. The van der Waals surface area contributed by atoms with Crippen molar-refractivity contribution in [1.82, 2.24) is 10.6 Å². The first-order valence-electron chi connectivity index (χ1n) is 7.89. The van der Waals surface area contributed by atoms with Gasteiger partial charge in [-0.2, -0.15) is 0 Å². The molecule has 1 aromatic rings. The highest BCUT2D eigenvalue weighted by Gasteiger charge is 2.20. The first-order chi connectivity index (χ1) is 10.3. The van der Waals surface area contributed by atoms with Crippen molar-refractivity contribution >= 4 is 18.3 Å². The third-order valence-electron chi connectivity index (χ3n) is 3.70. The third-order valence-corrected chi connectivity index (χ3v) is 3.70. The topological polar surface area (TPSA) is 50.4 Å². The fraction of sp³-hybridized carbons (Fsp3) is 0.588. The van der Waals surface area contributed by atoms with E-state index in [1.54, 1.807) is 0 Å². The van der Waals surface area contributed by atoms with Crippen molar-refractivity contribution in [1.29, 1.82) is 0 Å². The zero-order valence-corrected chi connectivity index (χ0v) is 14.0. The molecule has 2 N–H and O–H groups in total. The van der Waals surface area contributed by atoms with Gasteiger partial charge >= 0.3 is 0 Å². The van der Waals surface area contributed by atoms with Crippen molar-refractivity contribution in [2.75, 3.05) is 26.2 Å². The van der Waals surface area contributed by atoms with E-state index >= 15 is 0 Å². The number of rotatable bonds is 10. The summed E-state index contributed by atoms with van der Waals surface area (Å²) < 4.78 is 5.76. The number of amides is 1. The van der Waals surface area contributed by atoms with E-state index in [9.17, 15) is 4.79 Å². The summed E-state index contributed by atoms with van der Waals surface area (Å²) in [5, 5.41) is 6.09. The minimum absolute atomic E-state index is 0. The molecule has 1 unspecified atom stereocenters. The number of hydrogen-bond donors (Lipinski definition) is 2. The summed E-state index contributed by atoms with van der Waals surface area (Å²) >= 11 is 0. The van der Waals surface area contributed by atoms with Gasteiger partial charge in [0.05, 0.1) is 12.6 Å². The van der Waals surface area contributed by atoms with Gasteiger partial charge in [0.2, 0.25) is 5.91 Å². The maximum atomic E-state index is 11.5. The highest BCUT2D eigenvalue weighted by molar-refractivity contribution is 5.85. The number of carbonyl (C=O) groups is 1. The molecule has 2 rings (SSSR count). The van der Waals surface area contributed by atoms with Gasteiger partial charge in [0, 0.05) is 13.2 Å². The van der Waals surface area contributed by atoms with E-state index in [0.29, 0.717) is 19.7 Å². The van der Waals surface area contributed by atoms with Crippen LogP contribution in [0.2, 0.25) is 0 Å². The van der Waals surface area contributed by atoms with E-state index in [1.165, 1.54) is 18.4 Å². The number of nitrogens with one attached hydrogen (secondary N) is 2. The van der Waals surface area contributed by atoms with Gasteiger partial charge in [-0.05, 0) is 44.2 Å². The highest BCUT2D eigenvalue weighted by Crippen LogP contribution is 2.27. The molecule has 0 aromatic heterocycles. The molecule has 1 aliphatic carbocycles. The van der Waals surface area contributed by atoms with Crippen molar-refractivity contribution in [3.8, 4) is 0 Å². The molecule has 0 saturated heterocycles. The number of hydrogen-bond acceptors (Lipinski definition) is 3. The van der Waals surface area contributed by atoms with Crippen LogP contribution in [-0.4, -0.2) is 32.1 Å². The summed E-state index contributed by atoms with van der Waals surface area (Å²) in [4.78, 5) is 11.5. The van der Waals surface area contributed by atoms with Crippen LogP contribution in [0.3, 0.4) is 0 Å². The number of carbonyl (C=O) groups excluding carboxylic acids is 1. The average molecular weight is 327 g/mol. The molecule has 1 saturated carbocycles. The zero-order valence-electron chi connectivity index (χ0n) is 13.2. The van der Waals surface area contributed by atoms with E-state index in [4.69, 9.17) is 4.74 Å². The van der Waals surface area contributed by atoms with Crippen LogP contribution in [0.4, 0.5) is 0 Å². The number of benzene rings is 1. The van der Waals surface area contributed by atoms with Crippen molar-refractivity contribution in [3.63, 3.8) is 0 Å². The lowest BCUT2D eigenvalue weighted by Crippen LogP contribution is -2.35. The maximum absolute atomic E-state index is 11.5. The molecule has 1 aliphatic rings. The lowest BCUT2D eigenvalue weighted by Gasteiger charge is -2.13. The Labute approximate surface area is 139 Å². The summed E-state index contributed by atoms with van der Waals surface area (Å²) in [7, 11) is 0. The van der Waals surface area contributed by atoms with Gasteiger partial charge < -0.3 is 15.4 Å². The summed E-state index contributed by atoms with van der Waals surface area (Å²) in [6, 6.07) is 10.2. The van der Waals surface area contributed by atoms with Crippen molar-refractivity contribution in [3.05, 3.63) is 35.9 Å². The largest absolute Gasteiger partial charge is 0.374 e. The molecule has 0 heterocycles. The Morgan fingerprint density at radius 2 is 2.05 bits per heavy atom. The Morgan fingerprint density at radius 3 is 2.73 bits per heavy atom. The molecule has 0 radical (unpaired) electrons. The minimum atomic E-state index is 0. The molecule has 124 valence electrons. The minimum Gasteiger partial charge on any atom is -0.374 e. The highest BCUT2D eigenvalue weighted by atomic mass is 35.5. The SMILES string of the molecule is CC(OCCCNC(=O)CNCC1CC1)c1ccccc1.Cl. The van der Waals surface area contributed by atoms with Crippen molar-refractivity contribution < 1.29 is 9.53 Å². The monoisotopic (exact) mass is 326 g/mol. The first kappa shape index (κ1) is 18.9. The molecule has 1 fully saturated rings. The normalized spacial score (nSPS) is 15.0. The first-order valence-corrected chi connectivity index (χ1v) is 7.89. The van der Waals surface area contributed by atoms with E-state index in [0.717, 1.165) is 18.9 Å². The second kappa shape index (κ2) is 10.6. The second-order valence-corrected chi connectivity index (χ2v) is 5.70. The summed E-state index contributed by atoms with van der Waals surface area (Å²) in [5.74, 6) is 0.887. The Morgan fingerprint density at radius 1 is 1.32 bits per heavy atom. The molecule has 22 heavy (non-hydrogen) atoms. The van der Waals surface area contributed by atoms with E-state index < -0.39 is 0 Å². The molecule has 5 heteroatoms. The predicted octanol–water partition coefficient (Wildman–Crippen LogP) is 2.69. The summed E-state index contributed by atoms with van der Waals surface area (Å²) in [5.41, 5.74) is 1.19. The maximum Gasteiger partial charge on any atom is 0.233 e. The smallest absolute Gasteiger partial charge is 0.233 e. The molecule has 0 aliphatic heterocycles. The van der Waals surface area contributed by atoms with Crippen LogP contribution in [0.25, 0.3) is 0 Å². The quantitative estimate of drug-likeness (QED) is 0.650. The summed E-state index contributed by atoms with van der Waals surface area (Å²) in [6.07, 6.45) is 3.56. The predicted molar refractivity (Wildman–Crippen MR) is 91.3 cm³/mol. The van der Waals surface area contributed by atoms with Crippen LogP contribution in [0.5, 0.6) is 0 Å². The molecule has 1 aromatic carbocycles. The average Bonchev–Trinajstić information content (AvgIpc) is 3.32. The van der Waals surface area contributed by atoms with Gasteiger partial charge in [-0.15, -0.1) is 12.4 Å². The molecule has 0 bridgehead atoms. The van der Waals surface area contributed by atoms with Crippen LogP contribution < -0.4 is 10.6 Å². The lowest BCUT2D eigenvalue weighted by molar-refractivity contribution is -0.120. The molecule has 0 spiro atoms. The Kier molecular flexibility index (Phi) is 9.13. The number of halogens is 1. The molecular weight excluding hydrogens is 300 g/mol. The van der Waals surface area contributed by atoms with Gasteiger partial charge in [-0.25, -0.2) is 0 Å². The van der Waals surface area contributed by atoms with Gasteiger partial charge in [0.25, 0.3) is 0 Å². The fourth-order valence-corrected chi connectivity index (χ4v) is 2.15. The molecule has 1 atom stereocenters. The standard InChI is InChI=1S/C17H26N2O2.ClH/c1-14(16-6-3-2-4-7-16)21-11-5-10-19-17(20)13-18-12-15-8-9-15;/h2-4,6-7,14-15,18H,5,8-13H2,1H3,(H,19,20);1H. The van der Waals surface area contributed by atoms with E-state index in [-0.39, 0.29) is 24.4 Å². The van der Waals surface area contributed by atoms with Crippen LogP contribution in [0.1, 0.15) is 37.9 Å². The molecular formula is C17H27ClN2O2. The van der Waals surface area contributed by atoms with Gasteiger partial charge in [0.15, 0.2) is 0 Å². The Bertz CT molecular complexity index is 424. The van der Waals surface area contributed by atoms with Crippen molar-refractivity contribution in [2.24, 2.45) is 5.92 Å².